The number of amides is 1. The zero-order valence-corrected chi connectivity index (χ0v) is 10.4. The molecule has 0 aromatic heterocycles. The number of hydrogen-bond acceptors (Lipinski definition) is 1. The van der Waals surface area contributed by atoms with Crippen molar-refractivity contribution in [1.82, 2.24) is 4.90 Å². The molecule has 1 unspecified atom stereocenters. The molecular formula is C14H23NO. The summed E-state index contributed by atoms with van der Waals surface area (Å²) >= 11 is 0. The molecule has 0 N–H and O–H groups in total. The molecule has 1 rings (SSSR count). The lowest BCUT2D eigenvalue weighted by atomic mass is 10.1. The highest BCUT2D eigenvalue weighted by atomic mass is 16.2. The number of unbranched alkanes of at least 4 members (excludes halogenated alkanes) is 5. The van der Waals surface area contributed by atoms with E-state index in [1.807, 2.05) is 4.90 Å². The first-order valence-electron chi connectivity index (χ1n) is 6.51. The molecular weight excluding hydrogens is 198 g/mol. The Bertz CT molecular complexity index is 254. The van der Waals surface area contributed by atoms with Crippen LogP contribution in [0.4, 0.5) is 0 Å². The van der Waals surface area contributed by atoms with E-state index in [9.17, 15) is 4.79 Å². The summed E-state index contributed by atoms with van der Waals surface area (Å²) in [7, 11) is 0. The van der Waals surface area contributed by atoms with Crippen molar-refractivity contribution in [3.63, 3.8) is 0 Å². The molecule has 0 aromatic carbocycles. The van der Waals surface area contributed by atoms with Gasteiger partial charge in [-0.15, -0.1) is 12.3 Å². The van der Waals surface area contributed by atoms with E-state index in [4.69, 9.17) is 6.42 Å². The molecule has 1 amide bonds. The zero-order valence-electron chi connectivity index (χ0n) is 10.4. The monoisotopic (exact) mass is 221 g/mol. The molecule has 1 atom stereocenters. The number of likely N-dealkylation sites (tertiary alicyclic amines) is 1. The van der Waals surface area contributed by atoms with Gasteiger partial charge in [0.25, 0.3) is 0 Å². The third-order valence-corrected chi connectivity index (χ3v) is 3.23. The van der Waals surface area contributed by atoms with Crippen LogP contribution in [0.2, 0.25) is 0 Å². The van der Waals surface area contributed by atoms with E-state index < -0.39 is 0 Å². The van der Waals surface area contributed by atoms with Crippen molar-refractivity contribution in [2.45, 2.75) is 51.9 Å². The lowest BCUT2D eigenvalue weighted by Gasteiger charge is -2.15. The van der Waals surface area contributed by atoms with Crippen LogP contribution < -0.4 is 0 Å². The number of hydrogen-bond donors (Lipinski definition) is 0. The number of nitrogens with zero attached hydrogens (tertiary/aromatic N) is 1. The SMILES string of the molecule is C#CC1CC(=O)N(CCCCCCCC)C1. The summed E-state index contributed by atoms with van der Waals surface area (Å²) in [5.41, 5.74) is 0. The van der Waals surface area contributed by atoms with Crippen molar-refractivity contribution < 1.29 is 4.79 Å². The van der Waals surface area contributed by atoms with Gasteiger partial charge in [0.2, 0.25) is 5.91 Å². The van der Waals surface area contributed by atoms with Gasteiger partial charge in [0.15, 0.2) is 0 Å². The van der Waals surface area contributed by atoms with Crippen LogP contribution in [0.25, 0.3) is 0 Å². The number of carbonyl (C=O) groups excluding carboxylic acids is 1. The van der Waals surface area contributed by atoms with Crippen LogP contribution in [-0.2, 0) is 4.79 Å². The van der Waals surface area contributed by atoms with Crippen molar-refractivity contribution in [2.75, 3.05) is 13.1 Å². The van der Waals surface area contributed by atoms with E-state index in [0.29, 0.717) is 6.42 Å². The highest BCUT2D eigenvalue weighted by Gasteiger charge is 2.27. The standard InChI is InChI=1S/C14H23NO/c1-3-5-6-7-8-9-10-15-12-13(4-2)11-14(15)16/h2,13H,3,5-12H2,1H3. The minimum Gasteiger partial charge on any atom is -0.341 e. The van der Waals surface area contributed by atoms with Gasteiger partial charge in [-0.2, -0.15) is 0 Å². The predicted molar refractivity (Wildman–Crippen MR) is 66.9 cm³/mol. The zero-order chi connectivity index (χ0) is 11.8. The summed E-state index contributed by atoms with van der Waals surface area (Å²) in [6, 6.07) is 0. The Morgan fingerprint density at radius 2 is 2.00 bits per heavy atom. The van der Waals surface area contributed by atoms with Crippen LogP contribution in [0, 0.1) is 18.3 Å². The fraction of sp³-hybridized carbons (Fsp3) is 0.786. The number of rotatable bonds is 7. The van der Waals surface area contributed by atoms with Crippen molar-refractivity contribution in [2.24, 2.45) is 5.92 Å². The third-order valence-electron chi connectivity index (χ3n) is 3.23. The molecule has 90 valence electrons. The molecule has 0 saturated carbocycles. The molecule has 0 aliphatic carbocycles. The van der Waals surface area contributed by atoms with E-state index in [0.717, 1.165) is 19.5 Å². The summed E-state index contributed by atoms with van der Waals surface area (Å²) in [5, 5.41) is 0. The fourth-order valence-corrected chi connectivity index (χ4v) is 2.18. The van der Waals surface area contributed by atoms with Gasteiger partial charge < -0.3 is 4.90 Å². The largest absolute Gasteiger partial charge is 0.341 e. The molecule has 2 nitrogen and oxygen atoms in total. The molecule has 0 aromatic rings. The van der Waals surface area contributed by atoms with E-state index >= 15 is 0 Å². The van der Waals surface area contributed by atoms with Gasteiger partial charge in [-0.3, -0.25) is 4.79 Å². The highest BCUT2D eigenvalue weighted by molar-refractivity contribution is 5.79. The van der Waals surface area contributed by atoms with E-state index in [1.165, 1.54) is 32.1 Å². The third kappa shape index (κ3) is 4.26. The number of terminal acetylenes is 1. The normalized spacial score (nSPS) is 20.1. The van der Waals surface area contributed by atoms with Crippen molar-refractivity contribution in [3.05, 3.63) is 0 Å². The summed E-state index contributed by atoms with van der Waals surface area (Å²) in [6.45, 7) is 3.91. The molecule has 0 bridgehead atoms. The van der Waals surface area contributed by atoms with Gasteiger partial charge in [-0.25, -0.2) is 0 Å². The van der Waals surface area contributed by atoms with Crippen LogP contribution in [0.3, 0.4) is 0 Å². The quantitative estimate of drug-likeness (QED) is 0.478. The average molecular weight is 221 g/mol. The van der Waals surface area contributed by atoms with Gasteiger partial charge in [-0.1, -0.05) is 39.0 Å². The Morgan fingerprint density at radius 1 is 1.31 bits per heavy atom. The Hall–Kier alpha value is -0.970. The van der Waals surface area contributed by atoms with Crippen LogP contribution in [0.1, 0.15) is 51.9 Å². The molecule has 16 heavy (non-hydrogen) atoms. The second kappa shape index (κ2) is 7.33. The molecule has 1 saturated heterocycles. The predicted octanol–water partition coefficient (Wildman–Crippen LogP) is 2.83. The maximum Gasteiger partial charge on any atom is 0.223 e. The molecule has 0 spiro atoms. The van der Waals surface area contributed by atoms with Gasteiger partial charge >= 0.3 is 0 Å². The van der Waals surface area contributed by atoms with Gasteiger partial charge in [0.05, 0.1) is 0 Å². The van der Waals surface area contributed by atoms with Crippen LogP contribution in [-0.4, -0.2) is 23.9 Å². The number of carbonyl (C=O) groups is 1. The Balaban J connectivity index is 2.05. The molecule has 0 radical (unpaired) electrons. The Labute approximate surface area is 99.4 Å². The van der Waals surface area contributed by atoms with Crippen LogP contribution in [0.5, 0.6) is 0 Å². The lowest BCUT2D eigenvalue weighted by molar-refractivity contribution is -0.127. The second-order valence-corrected chi connectivity index (χ2v) is 4.68. The molecule has 1 aliphatic heterocycles. The van der Waals surface area contributed by atoms with E-state index in [-0.39, 0.29) is 11.8 Å². The molecule has 1 aliphatic rings. The average Bonchev–Trinajstić information content (AvgIpc) is 2.65. The van der Waals surface area contributed by atoms with Crippen molar-refractivity contribution >= 4 is 5.91 Å². The molecule has 2 heteroatoms. The second-order valence-electron chi connectivity index (χ2n) is 4.68. The summed E-state index contributed by atoms with van der Waals surface area (Å²) in [6.07, 6.45) is 13.5. The Kier molecular flexibility index (Phi) is 6.00. The first-order chi connectivity index (χ1) is 7.77. The maximum atomic E-state index is 11.5. The molecule has 1 fully saturated rings. The topological polar surface area (TPSA) is 20.3 Å². The highest BCUT2D eigenvalue weighted by Crippen LogP contribution is 2.17. The van der Waals surface area contributed by atoms with Crippen LogP contribution >= 0.6 is 0 Å². The minimum absolute atomic E-state index is 0.160. The summed E-state index contributed by atoms with van der Waals surface area (Å²) in [4.78, 5) is 13.5. The minimum atomic E-state index is 0.160. The summed E-state index contributed by atoms with van der Waals surface area (Å²) in [5.74, 6) is 3.09. The van der Waals surface area contributed by atoms with E-state index in [2.05, 4.69) is 12.8 Å². The Morgan fingerprint density at radius 3 is 2.62 bits per heavy atom. The van der Waals surface area contributed by atoms with Crippen molar-refractivity contribution in [3.8, 4) is 12.3 Å². The summed E-state index contributed by atoms with van der Waals surface area (Å²) < 4.78 is 0. The molecule has 1 heterocycles. The van der Waals surface area contributed by atoms with E-state index in [1.54, 1.807) is 0 Å². The van der Waals surface area contributed by atoms with Gasteiger partial charge in [0.1, 0.15) is 0 Å². The van der Waals surface area contributed by atoms with Crippen LogP contribution in [0.15, 0.2) is 0 Å². The first kappa shape index (κ1) is 13.1. The fourth-order valence-electron chi connectivity index (χ4n) is 2.18. The first-order valence-corrected chi connectivity index (χ1v) is 6.51. The maximum absolute atomic E-state index is 11.5. The lowest BCUT2D eigenvalue weighted by Crippen LogP contribution is -2.26. The van der Waals surface area contributed by atoms with Crippen molar-refractivity contribution in [1.29, 1.82) is 0 Å². The smallest absolute Gasteiger partial charge is 0.223 e. The van der Waals surface area contributed by atoms with Gasteiger partial charge in [0, 0.05) is 25.4 Å². The van der Waals surface area contributed by atoms with Gasteiger partial charge in [-0.05, 0) is 6.42 Å².